The Morgan fingerprint density at radius 1 is 1.12 bits per heavy atom. The number of ether oxygens (including phenoxy) is 1. The summed E-state index contributed by atoms with van der Waals surface area (Å²) in [7, 11) is -3.72. The lowest BCUT2D eigenvalue weighted by atomic mass is 10.1. The van der Waals surface area contributed by atoms with Crippen LogP contribution in [0.4, 0.5) is 0 Å². The number of halogens is 1. The molecular weight excluding hydrogens is 478 g/mol. The zero-order valence-corrected chi connectivity index (χ0v) is 20.0. The largest absolute Gasteiger partial charge is 0.354 e. The van der Waals surface area contributed by atoms with Gasteiger partial charge in [0, 0.05) is 36.1 Å². The molecule has 2 aliphatic rings. The van der Waals surface area contributed by atoms with E-state index in [1.165, 1.54) is 34.6 Å². The normalized spacial score (nSPS) is 22.2. The fourth-order valence-corrected chi connectivity index (χ4v) is 5.87. The minimum atomic E-state index is -3.72. The monoisotopic (exact) mass is 503 g/mol. The molecule has 180 valence electrons. The molecule has 0 radical (unpaired) electrons. The summed E-state index contributed by atoms with van der Waals surface area (Å²) < 4.78 is 33.4. The second-order valence-corrected chi connectivity index (χ2v) is 10.7. The maximum absolute atomic E-state index is 13.1. The number of amides is 2. The maximum atomic E-state index is 13.1. The van der Waals surface area contributed by atoms with E-state index < -0.39 is 16.3 Å². The SMILES string of the molecule is C=CC(=O)NC1CC2CN(S(=O)(=O)c3ccc(C(=O)NCCc4ccc(Cl)cc4)cc3)CC2O1. The van der Waals surface area contributed by atoms with Crippen LogP contribution in [0.3, 0.4) is 0 Å². The Kier molecular flexibility index (Phi) is 7.37. The highest BCUT2D eigenvalue weighted by molar-refractivity contribution is 7.89. The molecule has 0 spiro atoms. The molecule has 2 amide bonds. The van der Waals surface area contributed by atoms with Crippen LogP contribution in [0.1, 0.15) is 22.3 Å². The third kappa shape index (κ3) is 5.50. The van der Waals surface area contributed by atoms with E-state index in [9.17, 15) is 18.0 Å². The molecule has 10 heteroatoms. The maximum Gasteiger partial charge on any atom is 0.251 e. The molecule has 2 aliphatic heterocycles. The van der Waals surface area contributed by atoms with Gasteiger partial charge in [0.25, 0.3) is 5.91 Å². The minimum Gasteiger partial charge on any atom is -0.354 e. The van der Waals surface area contributed by atoms with E-state index in [-0.39, 0.29) is 35.3 Å². The quantitative estimate of drug-likeness (QED) is 0.538. The second kappa shape index (κ2) is 10.3. The first-order valence-electron chi connectivity index (χ1n) is 11.0. The number of fused-ring (bicyclic) bond motifs is 1. The molecule has 3 unspecified atom stereocenters. The predicted octanol–water partition coefficient (Wildman–Crippen LogP) is 2.35. The lowest BCUT2D eigenvalue weighted by Gasteiger charge is -2.19. The van der Waals surface area contributed by atoms with Crippen LogP contribution in [0.2, 0.25) is 5.02 Å². The molecule has 2 saturated heterocycles. The Hall–Kier alpha value is -2.72. The number of nitrogens with one attached hydrogen (secondary N) is 2. The summed E-state index contributed by atoms with van der Waals surface area (Å²) in [6, 6.07) is 13.3. The summed E-state index contributed by atoms with van der Waals surface area (Å²) in [4.78, 5) is 24.0. The van der Waals surface area contributed by atoms with Crippen molar-refractivity contribution in [3.05, 3.63) is 77.3 Å². The molecule has 8 nitrogen and oxygen atoms in total. The van der Waals surface area contributed by atoms with Crippen molar-refractivity contribution in [3.8, 4) is 0 Å². The number of carbonyl (C=O) groups is 2. The van der Waals surface area contributed by atoms with Gasteiger partial charge in [-0.1, -0.05) is 30.3 Å². The van der Waals surface area contributed by atoms with Gasteiger partial charge in [0.15, 0.2) is 0 Å². The van der Waals surface area contributed by atoms with Gasteiger partial charge < -0.3 is 15.4 Å². The Morgan fingerprint density at radius 3 is 2.47 bits per heavy atom. The molecule has 0 aliphatic carbocycles. The van der Waals surface area contributed by atoms with E-state index in [2.05, 4.69) is 17.2 Å². The van der Waals surface area contributed by atoms with Crippen molar-refractivity contribution < 1.29 is 22.7 Å². The van der Waals surface area contributed by atoms with Gasteiger partial charge in [-0.05, 0) is 60.9 Å². The van der Waals surface area contributed by atoms with Crippen LogP contribution in [-0.2, 0) is 26.0 Å². The molecular formula is C24H26ClN3O5S. The van der Waals surface area contributed by atoms with Crippen molar-refractivity contribution in [2.75, 3.05) is 19.6 Å². The van der Waals surface area contributed by atoms with E-state index in [0.717, 1.165) is 5.56 Å². The molecule has 3 atom stereocenters. The van der Waals surface area contributed by atoms with Crippen LogP contribution in [-0.4, -0.2) is 56.5 Å². The van der Waals surface area contributed by atoms with E-state index in [1.807, 2.05) is 12.1 Å². The first kappa shape index (κ1) is 24.4. The standard InChI is InChI=1S/C24H26ClN3O5S/c1-2-22(29)27-23-13-18-14-28(15-21(18)33-23)34(31,32)20-9-5-17(6-10-20)24(30)26-12-11-16-3-7-19(25)8-4-16/h2-10,18,21,23H,1,11-15H2,(H,26,30)(H,27,29). The number of nitrogens with zero attached hydrogens (tertiary/aromatic N) is 1. The van der Waals surface area contributed by atoms with Crippen molar-refractivity contribution in [1.29, 1.82) is 0 Å². The third-order valence-corrected chi connectivity index (χ3v) is 8.16. The fraction of sp³-hybridized carbons (Fsp3) is 0.333. The van der Waals surface area contributed by atoms with Crippen LogP contribution < -0.4 is 10.6 Å². The third-order valence-electron chi connectivity index (χ3n) is 6.06. The van der Waals surface area contributed by atoms with E-state index in [0.29, 0.717) is 36.5 Å². The predicted molar refractivity (Wildman–Crippen MR) is 128 cm³/mol. The molecule has 2 heterocycles. The lowest BCUT2D eigenvalue weighted by molar-refractivity contribution is -0.120. The smallest absolute Gasteiger partial charge is 0.251 e. The van der Waals surface area contributed by atoms with Crippen molar-refractivity contribution in [1.82, 2.24) is 14.9 Å². The van der Waals surface area contributed by atoms with Crippen LogP contribution in [0, 0.1) is 5.92 Å². The van der Waals surface area contributed by atoms with Gasteiger partial charge in [-0.3, -0.25) is 9.59 Å². The Bertz CT molecular complexity index is 1150. The summed E-state index contributed by atoms with van der Waals surface area (Å²) in [5.41, 5.74) is 1.44. The molecule has 0 bridgehead atoms. The van der Waals surface area contributed by atoms with Gasteiger partial charge in [-0.15, -0.1) is 0 Å². The van der Waals surface area contributed by atoms with E-state index in [1.54, 1.807) is 12.1 Å². The highest BCUT2D eigenvalue weighted by Gasteiger charge is 2.46. The van der Waals surface area contributed by atoms with Crippen molar-refractivity contribution in [2.45, 2.75) is 30.1 Å². The highest BCUT2D eigenvalue weighted by Crippen LogP contribution is 2.34. The topological polar surface area (TPSA) is 105 Å². The second-order valence-electron chi connectivity index (χ2n) is 8.35. The van der Waals surface area contributed by atoms with Crippen LogP contribution in [0.15, 0.2) is 66.1 Å². The Labute approximate surface area is 204 Å². The van der Waals surface area contributed by atoms with Crippen molar-refractivity contribution >= 4 is 33.4 Å². The summed E-state index contributed by atoms with van der Waals surface area (Å²) in [6.07, 6.45) is 1.69. The summed E-state index contributed by atoms with van der Waals surface area (Å²) in [5.74, 6) is -0.575. The number of rotatable bonds is 8. The molecule has 2 aromatic carbocycles. The zero-order valence-electron chi connectivity index (χ0n) is 18.4. The first-order chi connectivity index (χ1) is 16.3. The highest BCUT2D eigenvalue weighted by atomic mass is 35.5. The van der Waals surface area contributed by atoms with Gasteiger partial charge in [0.1, 0.15) is 6.23 Å². The summed E-state index contributed by atoms with van der Waals surface area (Å²) in [5, 5.41) is 6.20. The number of benzene rings is 2. The average molecular weight is 504 g/mol. The number of carbonyl (C=O) groups excluding carboxylic acids is 2. The van der Waals surface area contributed by atoms with Gasteiger partial charge in [0.2, 0.25) is 15.9 Å². The first-order valence-corrected chi connectivity index (χ1v) is 12.8. The van der Waals surface area contributed by atoms with Crippen molar-refractivity contribution in [3.63, 3.8) is 0 Å². The fourth-order valence-electron chi connectivity index (χ4n) is 4.23. The zero-order chi connectivity index (χ0) is 24.3. The summed E-state index contributed by atoms with van der Waals surface area (Å²) >= 11 is 5.88. The van der Waals surface area contributed by atoms with Crippen molar-refractivity contribution in [2.24, 2.45) is 5.92 Å². The molecule has 2 aromatic rings. The van der Waals surface area contributed by atoms with Gasteiger partial charge >= 0.3 is 0 Å². The molecule has 34 heavy (non-hydrogen) atoms. The van der Waals surface area contributed by atoms with E-state index in [4.69, 9.17) is 16.3 Å². The number of hydrogen-bond acceptors (Lipinski definition) is 5. The Morgan fingerprint density at radius 2 is 1.82 bits per heavy atom. The van der Waals surface area contributed by atoms with Crippen LogP contribution >= 0.6 is 11.6 Å². The van der Waals surface area contributed by atoms with E-state index >= 15 is 0 Å². The van der Waals surface area contributed by atoms with Gasteiger partial charge in [0.05, 0.1) is 11.0 Å². The Balaban J connectivity index is 1.31. The van der Waals surface area contributed by atoms with Crippen LogP contribution in [0.25, 0.3) is 0 Å². The van der Waals surface area contributed by atoms with Crippen LogP contribution in [0.5, 0.6) is 0 Å². The molecule has 0 aromatic heterocycles. The average Bonchev–Trinajstić information content (AvgIpc) is 3.39. The molecule has 4 rings (SSSR count). The number of hydrogen-bond donors (Lipinski definition) is 2. The minimum absolute atomic E-state index is 0.00980. The molecule has 2 N–H and O–H groups in total. The summed E-state index contributed by atoms with van der Waals surface area (Å²) in [6.45, 7) is 4.41. The van der Waals surface area contributed by atoms with Gasteiger partial charge in [-0.25, -0.2) is 8.42 Å². The van der Waals surface area contributed by atoms with Gasteiger partial charge in [-0.2, -0.15) is 4.31 Å². The lowest BCUT2D eigenvalue weighted by Crippen LogP contribution is -2.37. The molecule has 2 fully saturated rings. The number of sulfonamides is 1. The molecule has 0 saturated carbocycles.